The Morgan fingerprint density at radius 1 is 1.40 bits per heavy atom. The number of hydrogen-bond donors (Lipinski definition) is 3. The molecular formula is C16H19ClN4O4. The molecular weight excluding hydrogens is 348 g/mol. The van der Waals surface area contributed by atoms with Crippen LogP contribution >= 0.6 is 12.4 Å². The number of aromatic amines is 1. The zero-order valence-corrected chi connectivity index (χ0v) is 14.6. The fourth-order valence-electron chi connectivity index (χ4n) is 2.86. The smallest absolute Gasteiger partial charge is 0.321 e. The molecule has 0 fully saturated rings. The van der Waals surface area contributed by atoms with Crippen LogP contribution in [0.4, 0.5) is 11.5 Å². The van der Waals surface area contributed by atoms with E-state index >= 15 is 0 Å². The largest absolute Gasteiger partial charge is 0.487 e. The van der Waals surface area contributed by atoms with Gasteiger partial charge >= 0.3 is 5.82 Å². The molecule has 25 heavy (non-hydrogen) atoms. The third-order valence-electron chi connectivity index (χ3n) is 3.91. The number of ether oxygens (including phenoxy) is 1. The van der Waals surface area contributed by atoms with Crippen LogP contribution < -0.4 is 15.8 Å². The first-order valence-electron chi connectivity index (χ1n) is 7.48. The van der Waals surface area contributed by atoms with Crippen molar-refractivity contribution in [2.75, 3.05) is 5.73 Å². The van der Waals surface area contributed by atoms with Gasteiger partial charge in [0.25, 0.3) is 5.91 Å². The van der Waals surface area contributed by atoms with Gasteiger partial charge in [-0.1, -0.05) is 0 Å². The number of hydrogen-bond acceptors (Lipinski definition) is 5. The van der Waals surface area contributed by atoms with E-state index in [0.29, 0.717) is 17.9 Å². The third-order valence-corrected chi connectivity index (χ3v) is 3.91. The number of halogens is 1. The van der Waals surface area contributed by atoms with Gasteiger partial charge in [-0.2, -0.15) is 0 Å². The lowest BCUT2D eigenvalue weighted by Gasteiger charge is -2.37. The zero-order valence-electron chi connectivity index (χ0n) is 13.7. The molecule has 0 aliphatic carbocycles. The number of nitrogens with two attached hydrogens (primary N) is 1. The molecule has 0 saturated carbocycles. The minimum atomic E-state index is -0.579. The van der Waals surface area contributed by atoms with Crippen molar-refractivity contribution in [3.63, 3.8) is 0 Å². The number of carbonyl (C=O) groups is 1. The summed E-state index contributed by atoms with van der Waals surface area (Å²) in [5.74, 6) is 0.0273. The molecule has 3 rings (SSSR count). The maximum atomic E-state index is 12.4. The van der Waals surface area contributed by atoms with Crippen LogP contribution in [0.5, 0.6) is 5.75 Å². The quantitative estimate of drug-likeness (QED) is 0.437. The lowest BCUT2D eigenvalue weighted by atomic mass is 9.89. The zero-order chi connectivity index (χ0) is 17.5. The molecule has 2 aromatic rings. The maximum absolute atomic E-state index is 12.4. The van der Waals surface area contributed by atoms with Crippen molar-refractivity contribution in [1.29, 1.82) is 0 Å². The van der Waals surface area contributed by atoms with E-state index in [0.717, 1.165) is 5.56 Å². The van der Waals surface area contributed by atoms with E-state index in [1.165, 1.54) is 12.1 Å². The van der Waals surface area contributed by atoms with Crippen LogP contribution in [0.1, 0.15) is 42.4 Å². The molecule has 1 aliphatic heterocycles. The normalized spacial score (nSPS) is 17.6. The Kier molecular flexibility index (Phi) is 4.94. The van der Waals surface area contributed by atoms with Crippen LogP contribution in [0, 0.1) is 10.1 Å². The molecule has 0 saturated heterocycles. The summed E-state index contributed by atoms with van der Waals surface area (Å²) in [5.41, 5.74) is 6.89. The van der Waals surface area contributed by atoms with Gasteiger partial charge in [0.2, 0.25) is 0 Å². The molecule has 8 nitrogen and oxygen atoms in total. The van der Waals surface area contributed by atoms with Crippen molar-refractivity contribution in [2.24, 2.45) is 0 Å². The molecule has 0 radical (unpaired) electrons. The molecule has 1 aliphatic rings. The number of benzene rings is 1. The average Bonchev–Trinajstić information content (AvgIpc) is 2.97. The topological polar surface area (TPSA) is 123 Å². The van der Waals surface area contributed by atoms with Gasteiger partial charge in [0.15, 0.2) is 5.69 Å². The Morgan fingerprint density at radius 2 is 2.12 bits per heavy atom. The predicted octanol–water partition coefficient (Wildman–Crippen LogP) is 2.96. The maximum Gasteiger partial charge on any atom is 0.321 e. The van der Waals surface area contributed by atoms with Gasteiger partial charge in [-0.25, -0.2) is 4.98 Å². The van der Waals surface area contributed by atoms with E-state index in [9.17, 15) is 14.9 Å². The Labute approximate surface area is 150 Å². The molecule has 1 aromatic heterocycles. The summed E-state index contributed by atoms with van der Waals surface area (Å²) in [7, 11) is 0. The van der Waals surface area contributed by atoms with Crippen LogP contribution in [-0.2, 0) is 0 Å². The number of H-pyrrole nitrogens is 1. The second kappa shape index (κ2) is 6.64. The van der Waals surface area contributed by atoms with Gasteiger partial charge in [-0.15, -0.1) is 12.4 Å². The van der Waals surface area contributed by atoms with E-state index < -0.39 is 16.4 Å². The second-order valence-corrected chi connectivity index (χ2v) is 6.40. The number of nitrogens with one attached hydrogen (secondary N) is 2. The molecule has 0 spiro atoms. The van der Waals surface area contributed by atoms with Gasteiger partial charge in [-0.05, 0) is 43.0 Å². The van der Waals surface area contributed by atoms with Gasteiger partial charge in [0.05, 0.1) is 6.04 Å². The number of nitro groups is 1. The molecule has 134 valence electrons. The predicted molar refractivity (Wildman–Crippen MR) is 95.1 cm³/mol. The van der Waals surface area contributed by atoms with Crippen LogP contribution in [0.3, 0.4) is 0 Å². The van der Waals surface area contributed by atoms with Crippen molar-refractivity contribution in [3.05, 3.63) is 51.7 Å². The molecule has 0 bridgehead atoms. The molecule has 1 unspecified atom stereocenters. The molecule has 9 heteroatoms. The lowest BCUT2D eigenvalue weighted by molar-refractivity contribution is -0.389. The average molecular weight is 367 g/mol. The highest BCUT2D eigenvalue weighted by molar-refractivity contribution is 5.93. The van der Waals surface area contributed by atoms with Crippen molar-refractivity contribution in [3.8, 4) is 5.75 Å². The van der Waals surface area contributed by atoms with E-state index in [4.69, 9.17) is 10.5 Å². The first-order valence-corrected chi connectivity index (χ1v) is 7.48. The third kappa shape index (κ3) is 3.85. The molecule has 1 aromatic carbocycles. The summed E-state index contributed by atoms with van der Waals surface area (Å²) in [6, 6.07) is 7.64. The molecule has 1 amide bonds. The Balaban J connectivity index is 0.00000225. The number of fused-ring (bicyclic) bond motifs is 1. The molecule has 1 atom stereocenters. The standard InChI is InChI=1S/C16H18N4O4.ClH/c1-16(2)8-12(10-7-9(17)3-5-13(10)24-16)19-15(21)11-4-6-14(18-11)20(22)23;/h3-7,12,18H,8,17H2,1-2H3,(H,19,21);1H. The molecule has 4 N–H and O–H groups in total. The number of amides is 1. The van der Waals surface area contributed by atoms with Crippen LogP contribution in [0.15, 0.2) is 30.3 Å². The van der Waals surface area contributed by atoms with Crippen LogP contribution in [-0.4, -0.2) is 21.4 Å². The van der Waals surface area contributed by atoms with Crippen LogP contribution in [0.2, 0.25) is 0 Å². The summed E-state index contributed by atoms with van der Waals surface area (Å²) < 4.78 is 5.92. The first kappa shape index (κ1) is 18.6. The number of anilines is 1. The number of rotatable bonds is 3. The monoisotopic (exact) mass is 366 g/mol. The number of nitrogen functional groups attached to an aromatic ring is 1. The Bertz CT molecular complexity index is 818. The van der Waals surface area contributed by atoms with Crippen molar-refractivity contribution in [1.82, 2.24) is 10.3 Å². The number of nitrogens with zero attached hydrogens (tertiary/aromatic N) is 1. The fourth-order valence-corrected chi connectivity index (χ4v) is 2.86. The fraction of sp³-hybridized carbons (Fsp3) is 0.312. The highest BCUT2D eigenvalue weighted by atomic mass is 35.5. The van der Waals surface area contributed by atoms with Gasteiger partial charge in [-0.3, -0.25) is 4.79 Å². The first-order chi connectivity index (χ1) is 11.2. The number of aromatic nitrogens is 1. The van der Waals surface area contributed by atoms with Crippen LogP contribution in [0.25, 0.3) is 0 Å². The summed E-state index contributed by atoms with van der Waals surface area (Å²) >= 11 is 0. The van der Waals surface area contributed by atoms with Crippen molar-refractivity contribution < 1.29 is 14.5 Å². The van der Waals surface area contributed by atoms with Gasteiger partial charge in [0.1, 0.15) is 11.4 Å². The van der Waals surface area contributed by atoms with Gasteiger partial charge in [0, 0.05) is 23.7 Å². The highest BCUT2D eigenvalue weighted by Gasteiger charge is 2.35. The minimum absolute atomic E-state index is 0. The summed E-state index contributed by atoms with van der Waals surface area (Å²) in [6.45, 7) is 3.87. The summed E-state index contributed by atoms with van der Waals surface area (Å²) in [6.07, 6.45) is 0.554. The van der Waals surface area contributed by atoms with E-state index in [-0.39, 0.29) is 30.0 Å². The summed E-state index contributed by atoms with van der Waals surface area (Å²) in [4.78, 5) is 25.1. The van der Waals surface area contributed by atoms with E-state index in [2.05, 4.69) is 10.3 Å². The summed E-state index contributed by atoms with van der Waals surface area (Å²) in [5, 5.41) is 13.6. The second-order valence-electron chi connectivity index (χ2n) is 6.40. The minimum Gasteiger partial charge on any atom is -0.487 e. The van der Waals surface area contributed by atoms with Gasteiger partial charge < -0.3 is 25.9 Å². The Morgan fingerprint density at radius 3 is 2.76 bits per heavy atom. The SMILES string of the molecule is CC1(C)CC(NC(=O)c2ccc([N+](=O)[O-])[nH]2)c2cc(N)ccc2O1.Cl. The lowest BCUT2D eigenvalue weighted by Crippen LogP contribution is -2.41. The Hall–Kier alpha value is -2.74. The van der Waals surface area contributed by atoms with E-state index in [1.54, 1.807) is 18.2 Å². The molecule has 2 heterocycles. The van der Waals surface area contributed by atoms with Crippen molar-refractivity contribution in [2.45, 2.75) is 31.9 Å². The number of carbonyl (C=O) groups excluding carboxylic acids is 1. The van der Waals surface area contributed by atoms with Crippen molar-refractivity contribution >= 4 is 29.8 Å². The highest BCUT2D eigenvalue weighted by Crippen LogP contribution is 2.40. The van der Waals surface area contributed by atoms with E-state index in [1.807, 2.05) is 13.8 Å².